The fourth-order valence-electron chi connectivity index (χ4n) is 2.09. The minimum Gasteiger partial charge on any atom is -0.349 e. The van der Waals surface area contributed by atoms with E-state index in [-0.39, 0.29) is 11.9 Å². The van der Waals surface area contributed by atoms with Crippen LogP contribution in [0.3, 0.4) is 0 Å². The zero-order valence-electron chi connectivity index (χ0n) is 10.5. The van der Waals surface area contributed by atoms with Gasteiger partial charge in [0, 0.05) is 0 Å². The number of anilines is 1. The van der Waals surface area contributed by atoms with E-state index in [1.807, 2.05) is 37.3 Å². The van der Waals surface area contributed by atoms with E-state index in [2.05, 4.69) is 15.3 Å². The van der Waals surface area contributed by atoms with Crippen molar-refractivity contribution in [3.63, 3.8) is 0 Å². The van der Waals surface area contributed by atoms with Crippen LogP contribution in [0.4, 0.5) is 10.3 Å². The molecule has 2 aromatic carbocycles. The van der Waals surface area contributed by atoms with Crippen LogP contribution in [-0.4, -0.2) is 9.97 Å². The minimum atomic E-state index is -0.226. The van der Waals surface area contributed by atoms with Crippen LogP contribution in [0.25, 0.3) is 11.0 Å². The van der Waals surface area contributed by atoms with Crippen molar-refractivity contribution >= 4 is 17.0 Å². The topological polar surface area (TPSA) is 40.7 Å². The molecule has 1 unspecified atom stereocenters. The zero-order valence-corrected chi connectivity index (χ0v) is 10.5. The lowest BCUT2D eigenvalue weighted by atomic mass is 10.1. The molecule has 3 nitrogen and oxygen atoms in total. The van der Waals surface area contributed by atoms with Gasteiger partial charge < -0.3 is 10.3 Å². The summed E-state index contributed by atoms with van der Waals surface area (Å²) in [6.45, 7) is 1.97. The first-order chi connectivity index (χ1) is 9.22. The summed E-state index contributed by atoms with van der Waals surface area (Å²) in [7, 11) is 0. The number of hydrogen-bond acceptors (Lipinski definition) is 2. The highest BCUT2D eigenvalue weighted by Gasteiger charge is 2.08. The molecule has 1 aromatic heterocycles. The first kappa shape index (κ1) is 11.7. The summed E-state index contributed by atoms with van der Waals surface area (Å²) in [5.41, 5.74) is 2.79. The molecule has 96 valence electrons. The number of para-hydroxylation sites is 2. The van der Waals surface area contributed by atoms with E-state index in [4.69, 9.17) is 0 Å². The van der Waals surface area contributed by atoms with Gasteiger partial charge in [0.25, 0.3) is 0 Å². The molecule has 2 N–H and O–H groups in total. The number of aromatic amines is 1. The molecule has 3 rings (SSSR count). The predicted octanol–water partition coefficient (Wildman–Crippen LogP) is 3.88. The van der Waals surface area contributed by atoms with Crippen molar-refractivity contribution < 1.29 is 4.39 Å². The molecule has 0 radical (unpaired) electrons. The molecule has 4 heteroatoms. The van der Waals surface area contributed by atoms with Gasteiger partial charge >= 0.3 is 0 Å². The Hall–Kier alpha value is -2.36. The third-order valence-electron chi connectivity index (χ3n) is 3.09. The second-order valence-electron chi connectivity index (χ2n) is 4.52. The maximum Gasteiger partial charge on any atom is 0.201 e. The number of hydrogen-bond donors (Lipinski definition) is 2. The van der Waals surface area contributed by atoms with Gasteiger partial charge in [0.05, 0.1) is 17.1 Å². The Balaban J connectivity index is 1.84. The van der Waals surface area contributed by atoms with Crippen LogP contribution in [-0.2, 0) is 0 Å². The summed E-state index contributed by atoms with van der Waals surface area (Å²) in [4.78, 5) is 7.64. The van der Waals surface area contributed by atoms with Crippen LogP contribution in [0.15, 0.2) is 48.5 Å². The molecule has 0 saturated carbocycles. The second-order valence-corrected chi connectivity index (χ2v) is 4.52. The number of aromatic nitrogens is 2. The van der Waals surface area contributed by atoms with Crippen LogP contribution < -0.4 is 5.32 Å². The standard InChI is InChI=1S/C15H14FN3/c1-10(11-5-4-6-12(16)9-11)17-15-18-13-7-2-3-8-14(13)19-15/h2-10H,1H3,(H2,17,18,19). The number of nitrogens with one attached hydrogen (secondary N) is 2. The maximum atomic E-state index is 13.2. The van der Waals surface area contributed by atoms with Crippen molar-refractivity contribution in [1.82, 2.24) is 9.97 Å². The Bertz CT molecular complexity index is 672. The van der Waals surface area contributed by atoms with E-state index in [1.165, 1.54) is 12.1 Å². The summed E-state index contributed by atoms with van der Waals surface area (Å²) in [6, 6.07) is 14.4. The van der Waals surface area contributed by atoms with Crippen molar-refractivity contribution in [1.29, 1.82) is 0 Å². The molecule has 0 aliphatic carbocycles. The van der Waals surface area contributed by atoms with Crippen molar-refractivity contribution in [3.8, 4) is 0 Å². The minimum absolute atomic E-state index is 0.0173. The quantitative estimate of drug-likeness (QED) is 0.745. The molecular formula is C15H14FN3. The van der Waals surface area contributed by atoms with E-state index in [1.54, 1.807) is 6.07 Å². The fraction of sp³-hybridized carbons (Fsp3) is 0.133. The van der Waals surface area contributed by atoms with Crippen molar-refractivity contribution in [2.45, 2.75) is 13.0 Å². The number of fused-ring (bicyclic) bond motifs is 1. The molecular weight excluding hydrogens is 241 g/mol. The number of nitrogens with zero attached hydrogens (tertiary/aromatic N) is 1. The SMILES string of the molecule is CC(Nc1nc2ccccc2[nH]1)c1cccc(F)c1. The summed E-state index contributed by atoms with van der Waals surface area (Å²) in [5, 5.41) is 3.24. The first-order valence-electron chi connectivity index (χ1n) is 6.19. The lowest BCUT2D eigenvalue weighted by Crippen LogP contribution is -2.07. The molecule has 1 atom stereocenters. The lowest BCUT2D eigenvalue weighted by molar-refractivity contribution is 0.623. The van der Waals surface area contributed by atoms with Gasteiger partial charge in [-0.15, -0.1) is 0 Å². The fourth-order valence-corrected chi connectivity index (χ4v) is 2.09. The van der Waals surface area contributed by atoms with Gasteiger partial charge in [-0.1, -0.05) is 24.3 Å². The number of H-pyrrole nitrogens is 1. The first-order valence-corrected chi connectivity index (χ1v) is 6.19. The third-order valence-corrected chi connectivity index (χ3v) is 3.09. The van der Waals surface area contributed by atoms with E-state index in [9.17, 15) is 4.39 Å². The number of halogens is 1. The van der Waals surface area contributed by atoms with Crippen molar-refractivity contribution in [2.24, 2.45) is 0 Å². The summed E-state index contributed by atoms with van der Waals surface area (Å²) >= 11 is 0. The molecule has 0 bridgehead atoms. The monoisotopic (exact) mass is 255 g/mol. The van der Waals surface area contributed by atoms with E-state index in [0.717, 1.165) is 16.6 Å². The van der Waals surface area contributed by atoms with Crippen molar-refractivity contribution in [2.75, 3.05) is 5.32 Å². The Labute approximate surface area is 110 Å². The summed E-state index contributed by atoms with van der Waals surface area (Å²) in [5.74, 6) is 0.466. The smallest absolute Gasteiger partial charge is 0.201 e. The largest absolute Gasteiger partial charge is 0.349 e. The van der Waals surface area contributed by atoms with Gasteiger partial charge in [0.1, 0.15) is 5.82 Å². The molecule has 3 aromatic rings. The molecule has 1 heterocycles. The van der Waals surface area contributed by atoms with Crippen LogP contribution in [0, 0.1) is 5.82 Å². The number of imidazole rings is 1. The second kappa shape index (κ2) is 4.72. The summed E-state index contributed by atoms with van der Waals surface area (Å²) in [6.07, 6.45) is 0. The zero-order chi connectivity index (χ0) is 13.2. The van der Waals surface area contributed by atoms with E-state index in [0.29, 0.717) is 5.95 Å². The Kier molecular flexibility index (Phi) is 2.91. The van der Waals surface area contributed by atoms with Crippen molar-refractivity contribution in [3.05, 3.63) is 59.9 Å². The Morgan fingerprint density at radius 2 is 2.00 bits per heavy atom. The van der Waals surface area contributed by atoms with Crippen LogP contribution in [0.5, 0.6) is 0 Å². The van der Waals surface area contributed by atoms with Gasteiger partial charge in [-0.2, -0.15) is 0 Å². The molecule has 0 fully saturated rings. The number of benzene rings is 2. The van der Waals surface area contributed by atoms with E-state index >= 15 is 0 Å². The van der Waals surface area contributed by atoms with Gasteiger partial charge in [-0.05, 0) is 36.8 Å². The Morgan fingerprint density at radius 1 is 1.16 bits per heavy atom. The average molecular weight is 255 g/mol. The number of rotatable bonds is 3. The van der Waals surface area contributed by atoms with Crippen LogP contribution in [0.1, 0.15) is 18.5 Å². The third kappa shape index (κ3) is 2.42. The van der Waals surface area contributed by atoms with E-state index < -0.39 is 0 Å². The lowest BCUT2D eigenvalue weighted by Gasteiger charge is -2.13. The predicted molar refractivity (Wildman–Crippen MR) is 74.5 cm³/mol. The highest BCUT2D eigenvalue weighted by Crippen LogP contribution is 2.20. The average Bonchev–Trinajstić information content (AvgIpc) is 2.80. The van der Waals surface area contributed by atoms with Crippen LogP contribution >= 0.6 is 0 Å². The Morgan fingerprint density at radius 3 is 2.79 bits per heavy atom. The van der Waals surface area contributed by atoms with Gasteiger partial charge in [0.15, 0.2) is 0 Å². The molecule has 0 saturated heterocycles. The van der Waals surface area contributed by atoms with Gasteiger partial charge in [0.2, 0.25) is 5.95 Å². The van der Waals surface area contributed by atoms with Gasteiger partial charge in [-0.3, -0.25) is 0 Å². The molecule has 0 aliphatic heterocycles. The molecule has 19 heavy (non-hydrogen) atoms. The van der Waals surface area contributed by atoms with Crippen LogP contribution in [0.2, 0.25) is 0 Å². The molecule has 0 aliphatic rings. The van der Waals surface area contributed by atoms with Gasteiger partial charge in [-0.25, -0.2) is 9.37 Å². The molecule has 0 amide bonds. The summed E-state index contributed by atoms with van der Waals surface area (Å²) < 4.78 is 13.2. The highest BCUT2D eigenvalue weighted by atomic mass is 19.1. The normalized spacial score (nSPS) is 12.5. The maximum absolute atomic E-state index is 13.2. The highest BCUT2D eigenvalue weighted by molar-refractivity contribution is 5.77. The molecule has 0 spiro atoms.